The monoisotopic (exact) mass is 641 g/mol. The molecule has 0 unspecified atom stereocenters. The highest BCUT2D eigenvalue weighted by molar-refractivity contribution is 5.93. The van der Waals surface area contributed by atoms with E-state index in [9.17, 15) is 0 Å². The van der Waals surface area contributed by atoms with Crippen LogP contribution in [0.3, 0.4) is 0 Å². The molecule has 5 heteroatoms. The number of hydrogen-bond acceptors (Lipinski definition) is 5. The van der Waals surface area contributed by atoms with E-state index in [2.05, 4.69) is 162 Å². The Morgan fingerprint density at radius 2 is 0.940 bits per heavy atom. The quantitative estimate of drug-likeness (QED) is 0.196. The zero-order chi connectivity index (χ0) is 33.3. The molecule has 236 valence electrons. The summed E-state index contributed by atoms with van der Waals surface area (Å²) < 4.78 is 0. The van der Waals surface area contributed by atoms with E-state index in [0.717, 1.165) is 62.1 Å². The van der Waals surface area contributed by atoms with Crippen LogP contribution >= 0.6 is 0 Å². The molecule has 1 aliphatic rings. The number of pyridine rings is 1. The maximum Gasteiger partial charge on any atom is 0.164 e. The maximum absolute atomic E-state index is 5.03. The van der Waals surface area contributed by atoms with Crippen LogP contribution in [-0.2, 0) is 0 Å². The maximum atomic E-state index is 5.03. The zero-order valence-corrected chi connectivity index (χ0v) is 27.2. The molecule has 0 saturated carbocycles. The van der Waals surface area contributed by atoms with Crippen LogP contribution in [0, 0.1) is 0 Å². The number of anilines is 1. The highest BCUT2D eigenvalue weighted by Gasteiger charge is 2.15. The van der Waals surface area contributed by atoms with Crippen molar-refractivity contribution in [3.63, 3.8) is 0 Å². The first-order valence-electron chi connectivity index (χ1n) is 16.8. The molecule has 0 amide bonds. The van der Waals surface area contributed by atoms with Crippen LogP contribution in [0.25, 0.3) is 84.5 Å². The largest absolute Gasteiger partial charge is 0.381 e. The normalized spacial score (nSPS) is 12.0. The number of hydrogen-bond donors (Lipinski definition) is 1. The van der Waals surface area contributed by atoms with E-state index >= 15 is 0 Å². The van der Waals surface area contributed by atoms with Gasteiger partial charge in [0.25, 0.3) is 0 Å². The summed E-state index contributed by atoms with van der Waals surface area (Å²) >= 11 is 0. The number of benzene rings is 6. The minimum atomic E-state index is 0.622. The molecular weight excluding hydrogens is 611 g/mol. The number of nitrogens with one attached hydrogen (secondary N) is 1. The lowest BCUT2D eigenvalue weighted by molar-refractivity contribution is 1.07. The van der Waals surface area contributed by atoms with E-state index < -0.39 is 0 Å². The van der Waals surface area contributed by atoms with Crippen LogP contribution < -0.4 is 5.32 Å². The van der Waals surface area contributed by atoms with E-state index in [-0.39, 0.29) is 0 Å². The summed E-state index contributed by atoms with van der Waals surface area (Å²) in [6.07, 6.45) is 6.17. The molecule has 5 nitrogen and oxygen atoms in total. The third-order valence-corrected chi connectivity index (χ3v) is 9.22. The lowest BCUT2D eigenvalue weighted by atomic mass is 9.97. The SMILES string of the molecule is C1=Cc2cccc(-c3ccc(-c4nc(-c5ccc(-c6ccccc6)cc5)nc(-c5ccc(-c6cccc7cccnc67)cc5)n4)cc3)c2NC1. The third-order valence-electron chi connectivity index (χ3n) is 9.22. The highest BCUT2D eigenvalue weighted by Crippen LogP contribution is 2.35. The van der Waals surface area contributed by atoms with Gasteiger partial charge in [-0.2, -0.15) is 0 Å². The van der Waals surface area contributed by atoms with Gasteiger partial charge in [-0.05, 0) is 33.9 Å². The average Bonchev–Trinajstić information content (AvgIpc) is 3.21. The molecule has 0 spiro atoms. The second-order valence-electron chi connectivity index (χ2n) is 12.3. The lowest BCUT2D eigenvalue weighted by Gasteiger charge is -2.17. The van der Waals surface area contributed by atoms with Gasteiger partial charge in [0.15, 0.2) is 17.5 Å². The minimum absolute atomic E-state index is 0.622. The summed E-state index contributed by atoms with van der Waals surface area (Å²) in [5.41, 5.74) is 12.9. The van der Waals surface area contributed by atoms with E-state index in [0.29, 0.717) is 17.5 Å². The number of fused-ring (bicyclic) bond motifs is 2. The van der Waals surface area contributed by atoms with Crippen molar-refractivity contribution in [2.45, 2.75) is 0 Å². The first-order chi connectivity index (χ1) is 24.8. The van der Waals surface area contributed by atoms with Crippen LogP contribution in [0.4, 0.5) is 5.69 Å². The van der Waals surface area contributed by atoms with Gasteiger partial charge in [0.05, 0.1) is 5.52 Å². The van der Waals surface area contributed by atoms with Gasteiger partial charge in [-0.25, -0.2) is 15.0 Å². The summed E-state index contributed by atoms with van der Waals surface area (Å²) in [6.45, 7) is 0.824. The molecule has 0 saturated heterocycles. The first kappa shape index (κ1) is 29.4. The van der Waals surface area contributed by atoms with Crippen molar-refractivity contribution in [1.82, 2.24) is 19.9 Å². The second-order valence-corrected chi connectivity index (χ2v) is 12.3. The van der Waals surface area contributed by atoms with Crippen molar-refractivity contribution in [2.75, 3.05) is 11.9 Å². The highest BCUT2D eigenvalue weighted by atomic mass is 15.0. The van der Waals surface area contributed by atoms with Gasteiger partial charge in [0, 0.05) is 51.6 Å². The Hall–Kier alpha value is -6.72. The van der Waals surface area contributed by atoms with Crippen molar-refractivity contribution < 1.29 is 0 Å². The van der Waals surface area contributed by atoms with E-state index in [1.54, 1.807) is 0 Å². The van der Waals surface area contributed by atoms with Crippen molar-refractivity contribution in [3.8, 4) is 67.5 Å². The molecule has 1 aliphatic heterocycles. The molecule has 6 aromatic carbocycles. The summed E-state index contributed by atoms with van der Waals surface area (Å²) in [7, 11) is 0. The lowest BCUT2D eigenvalue weighted by Crippen LogP contribution is -2.05. The second kappa shape index (κ2) is 12.7. The minimum Gasteiger partial charge on any atom is -0.381 e. The summed E-state index contributed by atoms with van der Waals surface area (Å²) in [4.78, 5) is 19.7. The van der Waals surface area contributed by atoms with Crippen molar-refractivity contribution in [3.05, 3.63) is 169 Å². The van der Waals surface area contributed by atoms with Crippen molar-refractivity contribution in [1.29, 1.82) is 0 Å². The Morgan fingerprint density at radius 3 is 1.60 bits per heavy atom. The van der Waals surface area contributed by atoms with Crippen LogP contribution in [0.2, 0.25) is 0 Å². The van der Waals surface area contributed by atoms with Gasteiger partial charge < -0.3 is 5.32 Å². The molecule has 2 aromatic heterocycles. The molecule has 0 fully saturated rings. The standard InChI is InChI=1S/C45H31N5/c1-2-8-30(9-3-1)31-16-22-36(23-17-31)43-48-44(37-24-18-32(19-25-37)39-14-4-10-34-12-6-28-46-41(34)39)50-45(49-43)38-26-20-33(21-27-38)40-15-5-11-35-13-7-29-47-42(35)40/h1-28,47H,29H2. The molecular formula is C45H31N5. The molecule has 9 rings (SSSR count). The molecule has 0 radical (unpaired) electrons. The Kier molecular flexibility index (Phi) is 7.48. The Bertz CT molecular complexity index is 2500. The summed E-state index contributed by atoms with van der Waals surface area (Å²) in [6, 6.07) is 52.5. The fourth-order valence-corrected chi connectivity index (χ4v) is 6.63. The van der Waals surface area contributed by atoms with Crippen LogP contribution in [0.1, 0.15) is 5.56 Å². The van der Waals surface area contributed by atoms with Gasteiger partial charge in [0.1, 0.15) is 0 Å². The molecule has 0 atom stereocenters. The fourth-order valence-electron chi connectivity index (χ4n) is 6.63. The van der Waals surface area contributed by atoms with Gasteiger partial charge in [-0.15, -0.1) is 0 Å². The molecule has 0 aliphatic carbocycles. The molecule has 3 heterocycles. The Labute approximate surface area is 290 Å². The first-order valence-corrected chi connectivity index (χ1v) is 16.8. The van der Waals surface area contributed by atoms with Gasteiger partial charge in [0.2, 0.25) is 0 Å². The number of aromatic nitrogens is 4. The smallest absolute Gasteiger partial charge is 0.164 e. The number of nitrogens with zero attached hydrogens (tertiary/aromatic N) is 4. The van der Waals surface area contributed by atoms with Gasteiger partial charge in [-0.3, -0.25) is 4.98 Å². The molecule has 1 N–H and O–H groups in total. The molecule has 50 heavy (non-hydrogen) atoms. The third kappa shape index (κ3) is 5.61. The van der Waals surface area contributed by atoms with Crippen LogP contribution in [0.5, 0.6) is 0 Å². The average molecular weight is 642 g/mol. The van der Waals surface area contributed by atoms with Gasteiger partial charge in [-0.1, -0.05) is 158 Å². The zero-order valence-electron chi connectivity index (χ0n) is 27.2. The Balaban J connectivity index is 1.11. The molecule has 0 bridgehead atoms. The number of para-hydroxylation sites is 2. The van der Waals surface area contributed by atoms with Crippen LogP contribution in [-0.4, -0.2) is 26.5 Å². The predicted octanol–water partition coefficient (Wildman–Crippen LogP) is 10.9. The number of rotatable bonds is 6. The predicted molar refractivity (Wildman–Crippen MR) is 205 cm³/mol. The summed E-state index contributed by atoms with van der Waals surface area (Å²) in [5.74, 6) is 1.88. The topological polar surface area (TPSA) is 63.6 Å². The summed E-state index contributed by atoms with van der Waals surface area (Å²) in [5, 5.41) is 4.66. The van der Waals surface area contributed by atoms with Crippen molar-refractivity contribution in [2.24, 2.45) is 0 Å². The fraction of sp³-hybridized carbons (Fsp3) is 0.0222. The van der Waals surface area contributed by atoms with Crippen LogP contribution in [0.15, 0.2) is 164 Å². The van der Waals surface area contributed by atoms with E-state index in [4.69, 9.17) is 15.0 Å². The Morgan fingerprint density at radius 1 is 0.420 bits per heavy atom. The van der Waals surface area contributed by atoms with E-state index in [1.165, 1.54) is 16.7 Å². The van der Waals surface area contributed by atoms with Crippen molar-refractivity contribution >= 4 is 22.7 Å². The van der Waals surface area contributed by atoms with E-state index in [1.807, 2.05) is 18.3 Å². The van der Waals surface area contributed by atoms with Gasteiger partial charge >= 0.3 is 0 Å². The molecule has 8 aromatic rings.